The van der Waals surface area contributed by atoms with Crippen LogP contribution in [0, 0.1) is 0 Å². The molecule has 1 atom stereocenters. The summed E-state index contributed by atoms with van der Waals surface area (Å²) >= 11 is 0. The number of phosphoric acid groups is 1. The molecule has 0 aliphatic carbocycles. The van der Waals surface area contributed by atoms with Crippen molar-refractivity contribution in [2.45, 2.75) is 20.0 Å². The van der Waals surface area contributed by atoms with Gasteiger partial charge in [-0.15, -0.1) is 0 Å². The van der Waals surface area contributed by atoms with Gasteiger partial charge in [0.15, 0.2) is 0 Å². The molecule has 1 unspecified atom stereocenters. The fourth-order valence-corrected chi connectivity index (χ4v) is 0.420. The molecule has 0 aliphatic heterocycles. The molecule has 0 fully saturated rings. The molecule has 0 aromatic heterocycles. The molecule has 8 heteroatoms. The first-order valence-corrected chi connectivity index (χ1v) is 5.09. The summed E-state index contributed by atoms with van der Waals surface area (Å²) in [5.41, 5.74) is 0.622. The molecule has 0 saturated heterocycles. The Hall–Kier alpha value is -0.430. The molecule has 0 rings (SSSR count). The molecule has 0 radical (unpaired) electrons. The number of allylic oxidation sites excluding steroid dienone is 1. The van der Waals surface area contributed by atoms with Gasteiger partial charge in [-0.1, -0.05) is 0 Å². The van der Waals surface area contributed by atoms with E-state index in [0.29, 0.717) is 5.57 Å². The van der Waals surface area contributed by atoms with Crippen LogP contribution < -0.4 is 0 Å². The smallest absolute Gasteiger partial charge is 0.466 e. The van der Waals surface area contributed by atoms with E-state index < -0.39 is 20.5 Å². The molecule has 0 aliphatic rings. The molecule has 7 nitrogen and oxygen atoms in total. The Kier molecular flexibility index (Phi) is 7.94. The maximum Gasteiger partial charge on any atom is 0.466 e. The van der Waals surface area contributed by atoms with Crippen LogP contribution in [-0.4, -0.2) is 42.7 Å². The Bertz CT molecular complexity index is 218. The summed E-state index contributed by atoms with van der Waals surface area (Å²) in [6.07, 6.45) is -1.12. The van der Waals surface area contributed by atoms with Crippen molar-refractivity contribution >= 4 is 7.82 Å². The summed E-state index contributed by atoms with van der Waals surface area (Å²) in [5.74, 6) is -0.141. The average Bonchev–Trinajstić information content (AvgIpc) is 1.98. The lowest BCUT2D eigenvalue weighted by molar-refractivity contribution is 0.0856. The first kappa shape index (κ1) is 16.0. The van der Waals surface area contributed by atoms with E-state index in [1.54, 1.807) is 13.8 Å². The molecule has 0 aromatic rings. The zero-order valence-electron chi connectivity index (χ0n) is 7.82. The fraction of sp³-hybridized carbons (Fsp3) is 0.667. The fourth-order valence-electron chi connectivity index (χ4n) is 0.420. The van der Waals surface area contributed by atoms with Gasteiger partial charge in [0.05, 0.1) is 6.61 Å². The van der Waals surface area contributed by atoms with Crippen molar-refractivity contribution in [2.75, 3.05) is 6.61 Å². The van der Waals surface area contributed by atoms with Gasteiger partial charge in [0.2, 0.25) is 0 Å². The minimum atomic E-state index is -4.64. The van der Waals surface area contributed by atoms with Gasteiger partial charge in [0.25, 0.3) is 0 Å². The van der Waals surface area contributed by atoms with Gasteiger partial charge in [-0.25, -0.2) is 4.57 Å². The zero-order valence-corrected chi connectivity index (χ0v) is 8.72. The first-order valence-electron chi connectivity index (χ1n) is 3.53. The molecule has 6 N–H and O–H groups in total. The summed E-state index contributed by atoms with van der Waals surface area (Å²) in [4.78, 5) is 21.6. The summed E-state index contributed by atoms with van der Waals surface area (Å²) in [6.45, 7) is 2.89. The van der Waals surface area contributed by atoms with Crippen molar-refractivity contribution in [3.63, 3.8) is 0 Å². The molecule has 0 bridgehead atoms. The highest BCUT2D eigenvalue weighted by Crippen LogP contribution is 2.25. The van der Waals surface area contributed by atoms with Crippen LogP contribution in [0.15, 0.2) is 11.3 Å². The third-order valence-electron chi connectivity index (χ3n) is 1.00. The van der Waals surface area contributed by atoms with Crippen molar-refractivity contribution in [1.82, 2.24) is 0 Å². The van der Waals surface area contributed by atoms with Crippen molar-refractivity contribution in [3.05, 3.63) is 11.3 Å². The number of hydrogen-bond donors (Lipinski definition) is 6. The van der Waals surface area contributed by atoms with Crippen molar-refractivity contribution in [3.8, 4) is 0 Å². The maximum atomic E-state index is 8.88. The van der Waals surface area contributed by atoms with Gasteiger partial charge in [0, 0.05) is 0 Å². The Morgan fingerprint density at radius 3 is 1.64 bits per heavy atom. The number of aliphatic hydroxyl groups excluding tert-OH is 3. The zero-order chi connectivity index (χ0) is 11.9. The molecule has 0 heterocycles. The van der Waals surface area contributed by atoms with E-state index in [4.69, 9.17) is 34.6 Å². The van der Waals surface area contributed by atoms with Crippen LogP contribution in [-0.2, 0) is 4.57 Å². The van der Waals surface area contributed by atoms with Crippen molar-refractivity contribution in [1.29, 1.82) is 0 Å². The monoisotopic (exact) mass is 230 g/mol. The molecule has 0 spiro atoms. The first-order chi connectivity index (χ1) is 6.09. The van der Waals surface area contributed by atoms with Crippen LogP contribution in [0.5, 0.6) is 0 Å². The Morgan fingerprint density at radius 1 is 1.29 bits per heavy atom. The number of rotatable bonds is 2. The highest BCUT2D eigenvalue weighted by molar-refractivity contribution is 7.45. The molecular formula is C6H15O7P. The van der Waals surface area contributed by atoms with Crippen LogP contribution in [0.1, 0.15) is 13.8 Å². The van der Waals surface area contributed by atoms with Crippen LogP contribution in [0.4, 0.5) is 0 Å². The molecule has 14 heavy (non-hydrogen) atoms. The second-order valence-electron chi connectivity index (χ2n) is 2.60. The van der Waals surface area contributed by atoms with Crippen molar-refractivity contribution < 1.29 is 34.6 Å². The van der Waals surface area contributed by atoms with Crippen molar-refractivity contribution in [2.24, 2.45) is 0 Å². The maximum absolute atomic E-state index is 8.88. The third-order valence-corrected chi connectivity index (χ3v) is 1.00. The largest absolute Gasteiger partial charge is 0.510 e. The predicted octanol–water partition coefficient (Wildman–Crippen LogP) is -0.737. The normalized spacial score (nSPS) is 12.5. The molecule has 0 aromatic carbocycles. The van der Waals surface area contributed by atoms with Gasteiger partial charge in [-0.3, -0.25) is 0 Å². The number of hydrogen-bond acceptors (Lipinski definition) is 4. The third kappa shape index (κ3) is 14.1. The van der Waals surface area contributed by atoms with E-state index in [1.807, 2.05) is 0 Å². The lowest BCUT2D eigenvalue weighted by Gasteiger charge is -2.06. The van der Waals surface area contributed by atoms with E-state index in [-0.39, 0.29) is 5.76 Å². The quantitative estimate of drug-likeness (QED) is 0.271. The lowest BCUT2D eigenvalue weighted by Crippen LogP contribution is -2.15. The Labute approximate surface area is 81.2 Å². The summed E-state index contributed by atoms with van der Waals surface area (Å²) in [6, 6.07) is 0. The summed E-state index contributed by atoms with van der Waals surface area (Å²) < 4.78 is 8.88. The average molecular weight is 230 g/mol. The molecule has 86 valence electrons. The summed E-state index contributed by atoms with van der Waals surface area (Å²) in [5, 5.41) is 25.9. The molecule has 0 amide bonds. The van der Waals surface area contributed by atoms with Gasteiger partial charge in [0.1, 0.15) is 11.9 Å². The van der Waals surface area contributed by atoms with E-state index in [9.17, 15) is 0 Å². The minimum Gasteiger partial charge on any atom is -0.510 e. The predicted molar refractivity (Wildman–Crippen MR) is 48.4 cm³/mol. The molecule has 0 saturated carbocycles. The van der Waals surface area contributed by atoms with Crippen LogP contribution in [0.2, 0.25) is 0 Å². The second-order valence-corrected chi connectivity index (χ2v) is 3.62. The van der Waals surface area contributed by atoms with Crippen LogP contribution in [0.25, 0.3) is 0 Å². The highest BCUT2D eigenvalue weighted by Gasteiger charge is 2.07. The number of aliphatic hydroxyl groups is 3. The van der Waals surface area contributed by atoms with E-state index in [0.717, 1.165) is 0 Å². The van der Waals surface area contributed by atoms with Gasteiger partial charge in [-0.2, -0.15) is 0 Å². The van der Waals surface area contributed by atoms with Gasteiger partial charge >= 0.3 is 7.82 Å². The lowest BCUT2D eigenvalue weighted by atomic mass is 10.2. The Balaban J connectivity index is 0. The standard InChI is InChI=1S/C6H12O3.H3O4P/c1-4(2)6(9)5(8)3-7;1-5(2,3)4/h5,7-9H,3H2,1-2H3;(H3,1,2,3,4). The minimum absolute atomic E-state index is 0.141. The van der Waals surface area contributed by atoms with Crippen LogP contribution >= 0.6 is 7.82 Å². The second kappa shape index (κ2) is 6.94. The Morgan fingerprint density at radius 2 is 1.57 bits per heavy atom. The van der Waals surface area contributed by atoms with Crippen LogP contribution in [0.3, 0.4) is 0 Å². The van der Waals surface area contributed by atoms with E-state index in [2.05, 4.69) is 0 Å². The summed E-state index contributed by atoms with van der Waals surface area (Å²) in [7, 11) is -4.64. The SMILES string of the molecule is CC(C)=C(O)C(O)CO.O=P(O)(O)O. The van der Waals surface area contributed by atoms with Gasteiger partial charge < -0.3 is 30.0 Å². The molecular weight excluding hydrogens is 215 g/mol. The van der Waals surface area contributed by atoms with Gasteiger partial charge in [-0.05, 0) is 19.4 Å². The highest BCUT2D eigenvalue weighted by atomic mass is 31.2. The van der Waals surface area contributed by atoms with E-state index in [1.165, 1.54) is 0 Å². The topological polar surface area (TPSA) is 138 Å². The van der Waals surface area contributed by atoms with E-state index >= 15 is 0 Å².